The van der Waals surface area contributed by atoms with Crippen LogP contribution in [0.5, 0.6) is 5.75 Å². The van der Waals surface area contributed by atoms with Gasteiger partial charge >= 0.3 is 12.0 Å². The molecule has 2 aromatic rings. The first-order valence-electron chi connectivity index (χ1n) is 21.4. The molecule has 0 spiro atoms. The van der Waals surface area contributed by atoms with Gasteiger partial charge in [-0.1, -0.05) is 23.7 Å². The van der Waals surface area contributed by atoms with E-state index in [1.807, 2.05) is 6.07 Å². The molecule has 362 valence electrons. The van der Waals surface area contributed by atoms with Crippen LogP contribution in [0.4, 0.5) is 10.5 Å². The molecule has 2 heterocycles. The number of hydrogen-bond donors (Lipinski definition) is 4. The minimum Gasteiger partial charge on any atom is -0.491 e. The van der Waals surface area contributed by atoms with E-state index in [9.17, 15) is 24.0 Å². The van der Waals surface area contributed by atoms with Crippen molar-refractivity contribution in [2.75, 3.05) is 144 Å². The fourth-order valence-corrected chi connectivity index (χ4v) is 6.40. The van der Waals surface area contributed by atoms with Crippen molar-refractivity contribution >= 4 is 47.0 Å². The SMILES string of the molecule is O=C(O)COCCOCCOCCOCCOCCOCCOCCOCCOCCOCCOc1cc(Cl)cc(NC(=O)NCc2ccc3c(c2)CN(C2CCC(=O)NC2=O)C3=O)c1. The molecule has 0 aromatic heterocycles. The smallest absolute Gasteiger partial charge is 0.329 e. The normalized spacial score (nSPS) is 14.7. The third-order valence-corrected chi connectivity index (χ3v) is 9.46. The summed E-state index contributed by atoms with van der Waals surface area (Å²) in [5.41, 5.74) is 2.44. The van der Waals surface area contributed by atoms with Gasteiger partial charge in [-0.25, -0.2) is 9.59 Å². The van der Waals surface area contributed by atoms with E-state index in [1.54, 1.807) is 30.3 Å². The number of urea groups is 1. The van der Waals surface area contributed by atoms with Gasteiger partial charge < -0.3 is 72.7 Å². The highest BCUT2D eigenvalue weighted by atomic mass is 35.5. The number of nitrogens with one attached hydrogen (secondary N) is 3. The van der Waals surface area contributed by atoms with Gasteiger partial charge in [-0.05, 0) is 35.7 Å². The Labute approximate surface area is 382 Å². The number of piperidine rings is 1. The summed E-state index contributed by atoms with van der Waals surface area (Å²) in [4.78, 5) is 61.3. The van der Waals surface area contributed by atoms with Crippen molar-refractivity contribution in [3.05, 3.63) is 58.1 Å². The molecule has 2 aliphatic rings. The molecule has 0 radical (unpaired) electrons. The predicted molar refractivity (Wildman–Crippen MR) is 231 cm³/mol. The molecule has 1 atom stereocenters. The monoisotopic (exact) mass is 940 g/mol. The number of amides is 5. The topological polar surface area (TPSA) is 246 Å². The summed E-state index contributed by atoms with van der Waals surface area (Å²) >= 11 is 6.27. The number of aliphatic carboxylic acids is 1. The molecule has 5 amide bonds. The number of benzene rings is 2. The highest BCUT2D eigenvalue weighted by Crippen LogP contribution is 2.28. The summed E-state index contributed by atoms with van der Waals surface area (Å²) in [5.74, 6) is -1.62. The van der Waals surface area contributed by atoms with Gasteiger partial charge in [-0.15, -0.1) is 0 Å². The molecule has 0 aliphatic carbocycles. The Morgan fingerprint density at radius 1 is 0.662 bits per heavy atom. The molecular formula is C43H61ClN4O17. The molecule has 22 heteroatoms. The molecule has 4 N–H and O–H groups in total. The number of imide groups is 1. The number of nitrogens with zero attached hydrogens (tertiary/aromatic N) is 1. The maximum absolute atomic E-state index is 13.0. The van der Waals surface area contributed by atoms with E-state index in [1.165, 1.54) is 4.90 Å². The second kappa shape index (κ2) is 32.2. The van der Waals surface area contributed by atoms with Crippen LogP contribution >= 0.6 is 11.6 Å². The van der Waals surface area contributed by atoms with Crippen molar-refractivity contribution in [3.63, 3.8) is 0 Å². The van der Waals surface area contributed by atoms with Gasteiger partial charge in [-0.2, -0.15) is 0 Å². The lowest BCUT2D eigenvalue weighted by Crippen LogP contribution is -2.52. The zero-order chi connectivity index (χ0) is 46.3. The molecule has 2 aliphatic heterocycles. The molecule has 0 bridgehead atoms. The van der Waals surface area contributed by atoms with Gasteiger partial charge in [0.25, 0.3) is 5.91 Å². The predicted octanol–water partition coefficient (Wildman–Crippen LogP) is 2.05. The van der Waals surface area contributed by atoms with Crippen LogP contribution in [0.1, 0.15) is 34.3 Å². The number of fused-ring (bicyclic) bond motifs is 1. The van der Waals surface area contributed by atoms with Crippen LogP contribution in [-0.4, -0.2) is 185 Å². The van der Waals surface area contributed by atoms with E-state index in [0.29, 0.717) is 141 Å². The lowest BCUT2D eigenvalue weighted by atomic mass is 10.0. The highest BCUT2D eigenvalue weighted by molar-refractivity contribution is 6.31. The molecular weight excluding hydrogens is 880 g/mol. The third kappa shape index (κ3) is 22.5. The number of carboxylic acid groups (broad SMARTS) is 1. The Hall–Kier alpha value is -4.52. The maximum Gasteiger partial charge on any atom is 0.329 e. The van der Waals surface area contributed by atoms with Crippen LogP contribution < -0.4 is 20.7 Å². The molecule has 1 saturated heterocycles. The van der Waals surface area contributed by atoms with Gasteiger partial charge in [-0.3, -0.25) is 19.7 Å². The Morgan fingerprint density at radius 3 is 1.65 bits per heavy atom. The lowest BCUT2D eigenvalue weighted by Gasteiger charge is -2.29. The molecule has 21 nitrogen and oxygen atoms in total. The standard InChI is InChI=1S/C43H61ClN4O17/c44-34-26-35(46-43(54)45-29-32-1-2-37-33(25-32)30-48(42(37)53)38-3-4-39(49)47-41(38)52)28-36(27-34)65-24-23-63-20-19-61-16-15-59-12-11-57-8-7-55-5-6-56-9-10-58-13-14-60-17-18-62-21-22-64-31-40(50)51/h1-2,25-28,38H,3-24,29-31H2,(H,50,51)(H2,45,46,54)(H,47,49,52). The fraction of sp³-hybridized carbons (Fsp3) is 0.605. The second-order valence-electron chi connectivity index (χ2n) is 14.2. The zero-order valence-electron chi connectivity index (χ0n) is 36.5. The average molecular weight is 941 g/mol. The number of hydrogen-bond acceptors (Lipinski definition) is 16. The maximum atomic E-state index is 13.0. The van der Waals surface area contributed by atoms with Crippen LogP contribution in [-0.2, 0) is 74.8 Å². The summed E-state index contributed by atoms with van der Waals surface area (Å²) < 4.78 is 59.7. The van der Waals surface area contributed by atoms with Crippen molar-refractivity contribution < 1.29 is 81.2 Å². The molecule has 1 fully saturated rings. The molecule has 0 saturated carbocycles. The summed E-state index contributed by atoms with van der Waals surface area (Å²) in [6.07, 6.45) is 0.466. The summed E-state index contributed by atoms with van der Waals surface area (Å²) in [6.45, 7) is 8.06. The number of rotatable bonds is 37. The molecule has 65 heavy (non-hydrogen) atoms. The first-order valence-corrected chi connectivity index (χ1v) is 21.8. The van der Waals surface area contributed by atoms with Gasteiger partial charge in [0, 0.05) is 41.9 Å². The second-order valence-corrected chi connectivity index (χ2v) is 14.6. The zero-order valence-corrected chi connectivity index (χ0v) is 37.3. The van der Waals surface area contributed by atoms with E-state index >= 15 is 0 Å². The number of carboxylic acids is 1. The van der Waals surface area contributed by atoms with Gasteiger partial charge in [0.15, 0.2) is 0 Å². The molecule has 1 unspecified atom stereocenters. The van der Waals surface area contributed by atoms with E-state index in [4.69, 9.17) is 68.8 Å². The number of ether oxygens (including phenoxy) is 11. The van der Waals surface area contributed by atoms with Crippen molar-refractivity contribution in [1.82, 2.24) is 15.5 Å². The van der Waals surface area contributed by atoms with Gasteiger partial charge in [0.1, 0.15) is 25.0 Å². The van der Waals surface area contributed by atoms with Crippen molar-refractivity contribution in [2.24, 2.45) is 0 Å². The summed E-state index contributed by atoms with van der Waals surface area (Å²) in [7, 11) is 0. The largest absolute Gasteiger partial charge is 0.491 e. The molecule has 4 rings (SSSR count). The van der Waals surface area contributed by atoms with E-state index in [-0.39, 0.29) is 57.6 Å². The van der Waals surface area contributed by atoms with Gasteiger partial charge in [0.2, 0.25) is 11.8 Å². The van der Waals surface area contributed by atoms with Crippen molar-refractivity contribution in [2.45, 2.75) is 32.0 Å². The van der Waals surface area contributed by atoms with Crippen LogP contribution in [0, 0.1) is 0 Å². The van der Waals surface area contributed by atoms with E-state index < -0.39 is 23.9 Å². The van der Waals surface area contributed by atoms with E-state index in [0.717, 1.165) is 11.1 Å². The average Bonchev–Trinajstić information content (AvgIpc) is 3.60. The Kier molecular flexibility index (Phi) is 26.3. The fourth-order valence-electron chi connectivity index (χ4n) is 6.17. The quantitative estimate of drug-likeness (QED) is 0.0559. The molecule has 2 aromatic carbocycles. The third-order valence-electron chi connectivity index (χ3n) is 9.24. The Balaban J connectivity index is 0.888. The first-order chi connectivity index (χ1) is 31.7. The highest BCUT2D eigenvalue weighted by Gasteiger charge is 2.39. The number of anilines is 1. The summed E-state index contributed by atoms with van der Waals surface area (Å²) in [5, 5.41) is 16.7. The minimum atomic E-state index is -1.01. The minimum absolute atomic E-state index is 0.181. The lowest BCUT2D eigenvalue weighted by molar-refractivity contribution is -0.143. The Morgan fingerprint density at radius 2 is 1.15 bits per heavy atom. The van der Waals surface area contributed by atoms with Crippen molar-refractivity contribution in [1.29, 1.82) is 0 Å². The number of halogens is 1. The first kappa shape index (κ1) is 53.1. The van der Waals surface area contributed by atoms with Crippen molar-refractivity contribution in [3.8, 4) is 5.75 Å². The van der Waals surface area contributed by atoms with Gasteiger partial charge in [0.05, 0.1) is 126 Å². The number of carbonyl (C=O) groups excluding carboxylic acids is 4. The van der Waals surface area contributed by atoms with Crippen LogP contribution in [0.2, 0.25) is 5.02 Å². The van der Waals surface area contributed by atoms with E-state index in [2.05, 4.69) is 16.0 Å². The summed E-state index contributed by atoms with van der Waals surface area (Å²) in [6, 6.07) is 8.96. The Bertz CT molecular complexity index is 1760. The van der Waals surface area contributed by atoms with Crippen LogP contribution in [0.15, 0.2) is 36.4 Å². The van der Waals surface area contributed by atoms with Crippen LogP contribution in [0.3, 0.4) is 0 Å². The van der Waals surface area contributed by atoms with Crippen LogP contribution in [0.25, 0.3) is 0 Å². The number of carbonyl (C=O) groups is 5.